The van der Waals surface area contributed by atoms with E-state index in [4.69, 9.17) is 0 Å². The fourth-order valence-corrected chi connectivity index (χ4v) is 1.74. The van der Waals surface area contributed by atoms with E-state index >= 15 is 0 Å². The van der Waals surface area contributed by atoms with Crippen molar-refractivity contribution in [2.45, 2.75) is 33.7 Å². The van der Waals surface area contributed by atoms with Crippen molar-refractivity contribution in [1.29, 1.82) is 0 Å². The molecular formula is C12H24N2O2. The Bertz CT molecular complexity index is 260. The summed E-state index contributed by atoms with van der Waals surface area (Å²) >= 11 is 0. The molecule has 0 aliphatic heterocycles. The molecular weight excluding hydrogens is 204 g/mol. The molecule has 94 valence electrons. The molecule has 0 aliphatic carbocycles. The number of rotatable bonds is 4. The van der Waals surface area contributed by atoms with Crippen LogP contribution in [-0.2, 0) is 4.79 Å². The van der Waals surface area contributed by atoms with E-state index in [0.29, 0.717) is 0 Å². The van der Waals surface area contributed by atoms with E-state index in [2.05, 4.69) is 0 Å². The fourth-order valence-electron chi connectivity index (χ4n) is 1.74. The monoisotopic (exact) mass is 228 g/mol. The standard InChI is InChI=1S/C12H24N2O2/c1-8(2)10(11(15)9(3)4)14(7)12(16)13(5)6/h8-10H,1-7H3. The molecule has 0 heterocycles. The van der Waals surface area contributed by atoms with Gasteiger partial charge in [0.15, 0.2) is 5.78 Å². The van der Waals surface area contributed by atoms with Crippen molar-refractivity contribution >= 4 is 11.8 Å². The maximum Gasteiger partial charge on any atom is 0.319 e. The highest BCUT2D eigenvalue weighted by Crippen LogP contribution is 2.15. The lowest BCUT2D eigenvalue weighted by molar-refractivity contribution is -0.127. The number of hydrogen-bond donors (Lipinski definition) is 0. The zero-order valence-electron chi connectivity index (χ0n) is 11.4. The Kier molecular flexibility index (Phi) is 5.48. The van der Waals surface area contributed by atoms with Gasteiger partial charge in [-0.15, -0.1) is 0 Å². The third-order valence-electron chi connectivity index (χ3n) is 2.59. The lowest BCUT2D eigenvalue weighted by atomic mass is 9.92. The molecule has 0 aromatic heterocycles. The minimum atomic E-state index is -0.338. The maximum absolute atomic E-state index is 12.0. The van der Waals surface area contributed by atoms with Crippen LogP contribution in [0.3, 0.4) is 0 Å². The van der Waals surface area contributed by atoms with Crippen LogP contribution < -0.4 is 0 Å². The molecule has 0 radical (unpaired) electrons. The highest BCUT2D eigenvalue weighted by Gasteiger charge is 2.31. The average molecular weight is 228 g/mol. The molecule has 4 heteroatoms. The fraction of sp³-hybridized carbons (Fsp3) is 0.833. The van der Waals surface area contributed by atoms with Gasteiger partial charge in [0.1, 0.15) is 0 Å². The number of Topliss-reactive ketones (excluding diaryl/α,β-unsaturated/α-hetero) is 1. The molecule has 2 amide bonds. The summed E-state index contributed by atoms with van der Waals surface area (Å²) in [6, 6.07) is -0.470. The minimum absolute atomic E-state index is 0.0511. The SMILES string of the molecule is CC(C)C(=O)C(C(C)C)N(C)C(=O)N(C)C. The van der Waals surface area contributed by atoms with E-state index in [0.717, 1.165) is 0 Å². The lowest BCUT2D eigenvalue weighted by Crippen LogP contribution is -2.50. The van der Waals surface area contributed by atoms with Crippen molar-refractivity contribution in [1.82, 2.24) is 9.80 Å². The smallest absolute Gasteiger partial charge is 0.319 e. The summed E-state index contributed by atoms with van der Waals surface area (Å²) in [5.41, 5.74) is 0. The van der Waals surface area contributed by atoms with Crippen LogP contribution in [0.4, 0.5) is 4.79 Å². The molecule has 0 rings (SSSR count). The van der Waals surface area contributed by atoms with Gasteiger partial charge in [-0.1, -0.05) is 27.7 Å². The molecule has 0 saturated carbocycles. The molecule has 0 aromatic rings. The second-order valence-electron chi connectivity index (χ2n) is 5.03. The van der Waals surface area contributed by atoms with Crippen molar-refractivity contribution in [3.05, 3.63) is 0 Å². The summed E-state index contributed by atoms with van der Waals surface area (Å²) in [5.74, 6) is 0.196. The summed E-state index contributed by atoms with van der Waals surface area (Å²) in [5, 5.41) is 0. The first kappa shape index (κ1) is 14.9. The number of ketones is 1. The van der Waals surface area contributed by atoms with Crippen molar-refractivity contribution in [3.8, 4) is 0 Å². The van der Waals surface area contributed by atoms with Crippen molar-refractivity contribution < 1.29 is 9.59 Å². The molecule has 0 aromatic carbocycles. The van der Waals surface area contributed by atoms with Gasteiger partial charge >= 0.3 is 6.03 Å². The van der Waals surface area contributed by atoms with Gasteiger partial charge in [-0.05, 0) is 5.92 Å². The first-order chi connectivity index (χ1) is 7.20. The van der Waals surface area contributed by atoms with E-state index < -0.39 is 0 Å². The Labute approximate surface area is 98.6 Å². The van der Waals surface area contributed by atoms with Crippen molar-refractivity contribution in [2.75, 3.05) is 21.1 Å². The Hall–Kier alpha value is -1.06. The molecule has 0 saturated heterocycles. The van der Waals surface area contributed by atoms with E-state index in [1.807, 2.05) is 27.7 Å². The number of hydrogen-bond acceptors (Lipinski definition) is 2. The summed E-state index contributed by atoms with van der Waals surface area (Å²) in [6.45, 7) is 7.66. The van der Waals surface area contributed by atoms with Gasteiger partial charge in [0.25, 0.3) is 0 Å². The zero-order valence-corrected chi connectivity index (χ0v) is 11.4. The van der Waals surface area contributed by atoms with Gasteiger partial charge in [0.2, 0.25) is 0 Å². The van der Waals surface area contributed by atoms with Crippen LogP contribution in [0.2, 0.25) is 0 Å². The normalized spacial score (nSPS) is 12.8. The molecule has 16 heavy (non-hydrogen) atoms. The third-order valence-corrected chi connectivity index (χ3v) is 2.59. The van der Waals surface area contributed by atoms with E-state index in [9.17, 15) is 9.59 Å². The quantitative estimate of drug-likeness (QED) is 0.736. The molecule has 0 N–H and O–H groups in total. The lowest BCUT2D eigenvalue weighted by Gasteiger charge is -2.33. The maximum atomic E-state index is 12.0. The molecule has 1 atom stereocenters. The molecule has 1 unspecified atom stereocenters. The second kappa shape index (κ2) is 5.87. The van der Waals surface area contributed by atoms with Gasteiger partial charge in [-0.3, -0.25) is 4.79 Å². The van der Waals surface area contributed by atoms with E-state index in [-0.39, 0.29) is 29.7 Å². The van der Waals surface area contributed by atoms with Crippen LogP contribution in [0.25, 0.3) is 0 Å². The van der Waals surface area contributed by atoms with E-state index in [1.165, 1.54) is 9.80 Å². The number of carbonyl (C=O) groups is 2. The van der Waals surface area contributed by atoms with Crippen LogP contribution in [-0.4, -0.2) is 48.8 Å². The highest BCUT2D eigenvalue weighted by molar-refractivity contribution is 5.89. The summed E-state index contributed by atoms with van der Waals surface area (Å²) in [4.78, 5) is 26.9. The van der Waals surface area contributed by atoms with Crippen LogP contribution >= 0.6 is 0 Å². The molecule has 0 fully saturated rings. The first-order valence-electron chi connectivity index (χ1n) is 5.68. The Morgan fingerprint density at radius 2 is 1.38 bits per heavy atom. The van der Waals surface area contributed by atoms with E-state index in [1.54, 1.807) is 21.1 Å². The van der Waals surface area contributed by atoms with Crippen molar-refractivity contribution in [3.63, 3.8) is 0 Å². The van der Waals surface area contributed by atoms with Gasteiger partial charge < -0.3 is 9.80 Å². The number of nitrogens with zero attached hydrogens (tertiary/aromatic N) is 2. The Morgan fingerprint density at radius 1 is 0.938 bits per heavy atom. The van der Waals surface area contributed by atoms with Crippen LogP contribution in [0, 0.1) is 11.8 Å². The molecule has 0 spiro atoms. The predicted octanol–water partition coefficient (Wildman–Crippen LogP) is 1.85. The second-order valence-corrected chi connectivity index (χ2v) is 5.03. The highest BCUT2D eigenvalue weighted by atomic mass is 16.2. The largest absolute Gasteiger partial charge is 0.331 e. The van der Waals surface area contributed by atoms with Crippen molar-refractivity contribution in [2.24, 2.45) is 11.8 Å². The Morgan fingerprint density at radius 3 is 1.62 bits per heavy atom. The summed E-state index contributed by atoms with van der Waals surface area (Å²) in [6.07, 6.45) is 0. The number of likely N-dealkylation sites (N-methyl/N-ethyl adjacent to an activating group) is 1. The van der Waals surface area contributed by atoms with Crippen LogP contribution in [0.5, 0.6) is 0 Å². The number of urea groups is 1. The van der Waals surface area contributed by atoms with Gasteiger partial charge in [0, 0.05) is 27.1 Å². The zero-order chi connectivity index (χ0) is 13.0. The summed E-state index contributed by atoms with van der Waals surface area (Å²) in [7, 11) is 5.07. The van der Waals surface area contributed by atoms with Crippen LogP contribution in [0.15, 0.2) is 0 Å². The topological polar surface area (TPSA) is 40.6 Å². The Balaban J connectivity index is 4.93. The van der Waals surface area contributed by atoms with Crippen LogP contribution in [0.1, 0.15) is 27.7 Å². The van der Waals surface area contributed by atoms with Gasteiger partial charge in [-0.25, -0.2) is 4.79 Å². The number of amides is 2. The molecule has 0 aliphatic rings. The predicted molar refractivity (Wildman–Crippen MR) is 65.3 cm³/mol. The number of carbonyl (C=O) groups excluding carboxylic acids is 2. The minimum Gasteiger partial charge on any atom is -0.331 e. The molecule has 4 nitrogen and oxygen atoms in total. The average Bonchev–Trinajstić information content (AvgIpc) is 2.15. The first-order valence-corrected chi connectivity index (χ1v) is 5.68. The van der Waals surface area contributed by atoms with Gasteiger partial charge in [0.05, 0.1) is 6.04 Å². The molecule has 0 bridgehead atoms. The van der Waals surface area contributed by atoms with Gasteiger partial charge in [-0.2, -0.15) is 0 Å². The third kappa shape index (κ3) is 3.51. The summed E-state index contributed by atoms with van der Waals surface area (Å²) < 4.78 is 0.